The first-order valence-corrected chi connectivity index (χ1v) is 6.62. The van der Waals surface area contributed by atoms with E-state index in [2.05, 4.69) is 48.5 Å². The van der Waals surface area contributed by atoms with Crippen molar-refractivity contribution in [1.82, 2.24) is 0 Å². The summed E-state index contributed by atoms with van der Waals surface area (Å²) in [6, 6.07) is 0. The lowest BCUT2D eigenvalue weighted by Gasteiger charge is -2.07. The van der Waals surface area contributed by atoms with Crippen LogP contribution in [0.3, 0.4) is 0 Å². The Hall–Kier alpha value is -0.370. The molecule has 4 nitrogen and oxygen atoms in total. The number of halogens is 2. The summed E-state index contributed by atoms with van der Waals surface area (Å²) in [5.74, 6) is 0. The van der Waals surface area contributed by atoms with Crippen molar-refractivity contribution >= 4 is 46.9 Å². The number of nitrogens with two attached hydrogens (primary N) is 2. The summed E-state index contributed by atoms with van der Waals surface area (Å²) in [7, 11) is 1.70. The van der Waals surface area contributed by atoms with Gasteiger partial charge in [-0.3, -0.25) is 9.98 Å². The molecule has 0 bridgehead atoms. The maximum absolute atomic E-state index is 5.58. The van der Waals surface area contributed by atoms with E-state index in [4.69, 9.17) is 11.5 Å². The Bertz CT molecular complexity index is 345. The first-order chi connectivity index (χ1) is 7.60. The maximum atomic E-state index is 5.58. The Balaban J connectivity index is 4.88. The lowest BCUT2D eigenvalue weighted by Crippen LogP contribution is -2.05. The highest BCUT2D eigenvalue weighted by Gasteiger charge is 2.09. The van der Waals surface area contributed by atoms with E-state index >= 15 is 0 Å². The fraction of sp³-hybridized carbons (Fsp3) is 0.400. The second-order valence-electron chi connectivity index (χ2n) is 2.84. The van der Waals surface area contributed by atoms with Gasteiger partial charge in [-0.05, 0) is 45.4 Å². The van der Waals surface area contributed by atoms with Crippen molar-refractivity contribution in [1.29, 1.82) is 0 Å². The number of nitrogens with zero attached hydrogens (tertiary/aromatic N) is 2. The normalized spacial score (nSPS) is 15.5. The van der Waals surface area contributed by atoms with Crippen LogP contribution in [0.4, 0.5) is 0 Å². The molecule has 0 fully saturated rings. The molecule has 0 saturated heterocycles. The molecule has 0 aromatic carbocycles. The molecular weight excluding hydrogens is 383 g/mol. The summed E-state index contributed by atoms with van der Waals surface area (Å²) in [5.41, 5.74) is 13.0. The number of hydrogen-bond acceptors (Lipinski definition) is 4. The molecule has 0 aliphatic rings. The van der Waals surface area contributed by atoms with Crippen molar-refractivity contribution in [2.24, 2.45) is 21.5 Å². The van der Waals surface area contributed by atoms with Gasteiger partial charge in [0.25, 0.3) is 0 Å². The third-order valence-corrected chi connectivity index (χ3v) is 3.70. The third-order valence-electron chi connectivity index (χ3n) is 1.81. The highest BCUT2D eigenvalue weighted by molar-refractivity contribution is 14.1. The van der Waals surface area contributed by atoms with Crippen LogP contribution in [-0.4, -0.2) is 21.9 Å². The van der Waals surface area contributed by atoms with Gasteiger partial charge in [-0.15, -0.1) is 0 Å². The van der Waals surface area contributed by atoms with Gasteiger partial charge in [0, 0.05) is 43.6 Å². The molecule has 0 aliphatic heterocycles. The highest BCUT2D eigenvalue weighted by Crippen LogP contribution is 2.18. The van der Waals surface area contributed by atoms with Crippen LogP contribution in [0, 0.1) is 0 Å². The van der Waals surface area contributed by atoms with Gasteiger partial charge in [-0.2, -0.15) is 0 Å². The van der Waals surface area contributed by atoms with Gasteiger partial charge < -0.3 is 11.5 Å². The Labute approximate surface area is 118 Å². The Morgan fingerprint density at radius 2 is 1.88 bits per heavy atom. The smallest absolute Gasteiger partial charge is 0.105 e. The van der Waals surface area contributed by atoms with Gasteiger partial charge in [-0.25, -0.2) is 0 Å². The van der Waals surface area contributed by atoms with Crippen LogP contribution in [0.2, 0.25) is 0 Å². The molecule has 0 aliphatic carbocycles. The molecule has 6 heteroatoms. The van der Waals surface area contributed by atoms with E-state index in [1.165, 1.54) is 6.20 Å². The fourth-order valence-corrected chi connectivity index (χ4v) is 1.97. The molecule has 16 heavy (non-hydrogen) atoms. The van der Waals surface area contributed by atoms with Crippen LogP contribution in [0.5, 0.6) is 0 Å². The molecule has 0 unspecified atom stereocenters. The summed E-state index contributed by atoms with van der Waals surface area (Å²) in [4.78, 5) is 8.33. The van der Waals surface area contributed by atoms with Gasteiger partial charge >= 0.3 is 0 Å². The standard InChI is InChI=1S/C10H16BrIN4/c1-3-16-10(12)8(6-14)4-7(5-13)9(11)15-2/h5-6H,3-4,13-14H2,1-2H3. The SMILES string of the molecule is CCN=C(I)C(=CN)CC(=CN)C(Br)=NC. The minimum atomic E-state index is 0.618. The fourth-order valence-electron chi connectivity index (χ4n) is 0.990. The van der Waals surface area contributed by atoms with E-state index in [9.17, 15) is 0 Å². The molecule has 0 radical (unpaired) electrons. The predicted molar refractivity (Wildman–Crippen MR) is 83.4 cm³/mol. The lowest BCUT2D eigenvalue weighted by molar-refractivity contribution is 1.13. The Morgan fingerprint density at radius 1 is 1.31 bits per heavy atom. The molecule has 4 N–H and O–H groups in total. The molecule has 90 valence electrons. The highest BCUT2D eigenvalue weighted by atomic mass is 127. The summed E-state index contributed by atoms with van der Waals surface area (Å²) in [6.45, 7) is 2.72. The van der Waals surface area contributed by atoms with Crippen molar-refractivity contribution < 1.29 is 0 Å². The van der Waals surface area contributed by atoms with E-state index in [-0.39, 0.29) is 0 Å². The van der Waals surface area contributed by atoms with Crippen molar-refractivity contribution in [3.63, 3.8) is 0 Å². The van der Waals surface area contributed by atoms with Crippen molar-refractivity contribution in [3.8, 4) is 0 Å². The summed E-state index contributed by atoms with van der Waals surface area (Å²) < 4.78 is 1.63. The van der Waals surface area contributed by atoms with Crippen LogP contribution >= 0.6 is 38.5 Å². The van der Waals surface area contributed by atoms with Gasteiger partial charge in [0.2, 0.25) is 0 Å². The molecule has 0 amide bonds. The van der Waals surface area contributed by atoms with Crippen LogP contribution < -0.4 is 11.5 Å². The van der Waals surface area contributed by atoms with Gasteiger partial charge in [0.15, 0.2) is 0 Å². The summed E-state index contributed by atoms with van der Waals surface area (Å²) >= 11 is 5.51. The van der Waals surface area contributed by atoms with Crippen molar-refractivity contribution in [3.05, 3.63) is 23.5 Å². The molecule has 0 saturated carbocycles. The zero-order chi connectivity index (χ0) is 12.6. The average molecular weight is 399 g/mol. The first kappa shape index (κ1) is 15.6. The quantitative estimate of drug-likeness (QED) is 0.550. The average Bonchev–Trinajstić information content (AvgIpc) is 2.30. The molecule has 0 aromatic rings. The molecule has 0 atom stereocenters. The molecule has 0 rings (SSSR count). The van der Waals surface area contributed by atoms with E-state index in [1.807, 2.05) is 6.92 Å². The van der Waals surface area contributed by atoms with Crippen molar-refractivity contribution in [2.75, 3.05) is 13.6 Å². The number of allylic oxidation sites excluding steroid dienone is 2. The Morgan fingerprint density at radius 3 is 2.25 bits per heavy atom. The van der Waals surface area contributed by atoms with Crippen molar-refractivity contribution in [2.45, 2.75) is 13.3 Å². The summed E-state index contributed by atoms with van der Waals surface area (Å²) in [5, 5.41) is 0. The second-order valence-corrected chi connectivity index (χ2v) is 4.61. The van der Waals surface area contributed by atoms with E-state index < -0.39 is 0 Å². The largest absolute Gasteiger partial charge is 0.404 e. The van der Waals surface area contributed by atoms with Gasteiger partial charge in [0.05, 0.1) is 0 Å². The van der Waals surface area contributed by atoms with Gasteiger partial charge in [0.1, 0.15) is 8.34 Å². The lowest BCUT2D eigenvalue weighted by atomic mass is 10.1. The van der Waals surface area contributed by atoms with Crippen LogP contribution in [0.1, 0.15) is 13.3 Å². The zero-order valence-corrected chi connectivity index (χ0v) is 13.1. The van der Waals surface area contributed by atoms with Crippen LogP contribution in [0.15, 0.2) is 33.5 Å². The summed E-state index contributed by atoms with van der Waals surface area (Å²) in [6.07, 6.45) is 3.70. The minimum Gasteiger partial charge on any atom is -0.404 e. The molecule has 0 spiro atoms. The zero-order valence-electron chi connectivity index (χ0n) is 9.37. The predicted octanol–water partition coefficient (Wildman–Crippen LogP) is 2.34. The monoisotopic (exact) mass is 398 g/mol. The number of hydrogen-bond donors (Lipinski definition) is 2. The third kappa shape index (κ3) is 5.11. The van der Waals surface area contributed by atoms with Gasteiger partial charge in [-0.1, -0.05) is 0 Å². The molecule has 0 aromatic heterocycles. The maximum Gasteiger partial charge on any atom is 0.105 e. The van der Waals surface area contributed by atoms with E-state index in [1.54, 1.807) is 13.2 Å². The second kappa shape index (κ2) is 8.74. The molecular formula is C10H16BrIN4. The van der Waals surface area contributed by atoms with Crippen LogP contribution in [-0.2, 0) is 0 Å². The minimum absolute atomic E-state index is 0.618. The number of rotatable bonds is 5. The number of aliphatic imine (C=N–C) groups is 2. The Kier molecular flexibility index (Phi) is 8.54. The van der Waals surface area contributed by atoms with E-state index in [0.717, 1.165) is 26.0 Å². The van der Waals surface area contributed by atoms with E-state index in [0.29, 0.717) is 6.42 Å². The topological polar surface area (TPSA) is 76.8 Å². The first-order valence-electron chi connectivity index (χ1n) is 4.75. The molecule has 0 heterocycles. The van der Waals surface area contributed by atoms with Crippen LogP contribution in [0.25, 0.3) is 0 Å².